The molecule has 0 amide bonds. The fourth-order valence-corrected chi connectivity index (χ4v) is 9.80. The SMILES string of the molecule is CCCCCCCCCCC1(CCCCCCCCCC)CC(OC=Cc2ccccc2)CC(CCCCCCCCCC)(CCCCCCCCCC)N1. The Labute approximate surface area is 346 Å². The van der Waals surface area contributed by atoms with Gasteiger partial charge in [0.25, 0.3) is 0 Å². The van der Waals surface area contributed by atoms with Crippen LogP contribution in [0.3, 0.4) is 0 Å². The highest BCUT2D eigenvalue weighted by atomic mass is 16.5. The lowest BCUT2D eigenvalue weighted by atomic mass is 9.69. The molecular formula is C53H97NO. The van der Waals surface area contributed by atoms with Crippen molar-refractivity contribution < 1.29 is 4.74 Å². The Morgan fingerprint density at radius 1 is 0.436 bits per heavy atom. The highest BCUT2D eigenvalue weighted by molar-refractivity contribution is 5.47. The van der Waals surface area contributed by atoms with Crippen molar-refractivity contribution in [2.75, 3.05) is 0 Å². The van der Waals surface area contributed by atoms with Crippen molar-refractivity contribution in [2.24, 2.45) is 0 Å². The first kappa shape index (κ1) is 49.9. The highest BCUT2D eigenvalue weighted by Crippen LogP contribution is 2.43. The van der Waals surface area contributed by atoms with E-state index in [2.05, 4.69) is 75.7 Å². The van der Waals surface area contributed by atoms with Crippen LogP contribution in [0.5, 0.6) is 0 Å². The first-order valence-corrected chi connectivity index (χ1v) is 25.3. The van der Waals surface area contributed by atoms with Gasteiger partial charge in [-0.3, -0.25) is 0 Å². The molecule has 0 unspecified atom stereocenters. The Kier molecular flexibility index (Phi) is 31.5. The number of ether oxygens (including phenoxy) is 1. The van der Waals surface area contributed by atoms with Crippen LogP contribution in [-0.4, -0.2) is 17.2 Å². The van der Waals surface area contributed by atoms with E-state index in [1.165, 1.54) is 250 Å². The minimum Gasteiger partial charge on any atom is -0.498 e. The highest BCUT2D eigenvalue weighted by Gasteiger charge is 2.47. The summed E-state index contributed by atoms with van der Waals surface area (Å²) >= 11 is 0. The zero-order valence-electron chi connectivity index (χ0n) is 37.9. The Morgan fingerprint density at radius 2 is 0.727 bits per heavy atom. The Balaban J connectivity index is 2.25. The maximum atomic E-state index is 6.91. The van der Waals surface area contributed by atoms with Gasteiger partial charge in [0.15, 0.2) is 0 Å². The summed E-state index contributed by atoms with van der Waals surface area (Å²) < 4.78 is 6.91. The van der Waals surface area contributed by atoms with Crippen molar-refractivity contribution in [3.63, 3.8) is 0 Å². The van der Waals surface area contributed by atoms with Crippen LogP contribution in [0.4, 0.5) is 0 Å². The molecule has 0 bridgehead atoms. The van der Waals surface area contributed by atoms with Crippen molar-refractivity contribution >= 4 is 6.08 Å². The number of piperidine rings is 1. The molecule has 1 aromatic rings. The van der Waals surface area contributed by atoms with Gasteiger partial charge >= 0.3 is 0 Å². The second kappa shape index (κ2) is 34.7. The maximum absolute atomic E-state index is 6.91. The van der Waals surface area contributed by atoms with Crippen molar-refractivity contribution in [3.05, 3.63) is 42.2 Å². The van der Waals surface area contributed by atoms with Gasteiger partial charge in [-0.25, -0.2) is 0 Å². The first-order chi connectivity index (χ1) is 27.1. The molecule has 1 aliphatic heterocycles. The van der Waals surface area contributed by atoms with Crippen LogP contribution in [0, 0.1) is 0 Å². The second-order valence-electron chi connectivity index (χ2n) is 18.5. The summed E-state index contributed by atoms with van der Waals surface area (Å²) in [6.45, 7) is 9.34. The molecule has 0 aromatic heterocycles. The van der Waals surface area contributed by atoms with E-state index in [4.69, 9.17) is 4.74 Å². The van der Waals surface area contributed by atoms with Gasteiger partial charge in [0.05, 0.1) is 6.26 Å². The molecule has 2 heteroatoms. The third kappa shape index (κ3) is 25.6. The van der Waals surface area contributed by atoms with Gasteiger partial charge in [-0.2, -0.15) is 0 Å². The van der Waals surface area contributed by atoms with E-state index in [0.717, 1.165) is 0 Å². The van der Waals surface area contributed by atoms with E-state index in [1.807, 2.05) is 0 Å². The van der Waals surface area contributed by atoms with Gasteiger partial charge in [-0.15, -0.1) is 0 Å². The predicted molar refractivity (Wildman–Crippen MR) is 247 cm³/mol. The van der Waals surface area contributed by atoms with Gasteiger partial charge in [0, 0.05) is 23.9 Å². The topological polar surface area (TPSA) is 21.3 Å². The van der Waals surface area contributed by atoms with Crippen LogP contribution in [0.15, 0.2) is 36.6 Å². The molecule has 0 saturated carbocycles. The lowest BCUT2D eigenvalue weighted by molar-refractivity contribution is -0.0126. The number of rotatable bonds is 39. The molecule has 1 aromatic carbocycles. The number of hydrogen-bond acceptors (Lipinski definition) is 2. The van der Waals surface area contributed by atoms with E-state index < -0.39 is 0 Å². The molecule has 1 N–H and O–H groups in total. The molecule has 0 spiro atoms. The van der Waals surface area contributed by atoms with Gasteiger partial charge < -0.3 is 10.1 Å². The van der Waals surface area contributed by atoms with E-state index in [-0.39, 0.29) is 11.1 Å². The standard InChI is InChI=1S/C53H97NO/c1-5-9-13-17-21-25-29-36-43-52(44-37-30-26-22-18-14-10-6-2)48-51(55-47-42-50-40-34-33-35-41-50)49-53(54-52,45-38-31-27-23-19-15-11-7-3)46-39-32-28-24-20-16-12-8-4/h33-35,40-42,47,51,54H,5-32,36-39,43-46,48-49H2,1-4H3. The van der Waals surface area contributed by atoms with E-state index in [0.29, 0.717) is 6.10 Å². The molecule has 2 nitrogen and oxygen atoms in total. The molecule has 1 saturated heterocycles. The molecular weight excluding hydrogens is 667 g/mol. The quantitative estimate of drug-likeness (QED) is 0.0533. The first-order valence-electron chi connectivity index (χ1n) is 25.3. The van der Waals surface area contributed by atoms with Crippen molar-refractivity contribution in [1.29, 1.82) is 0 Å². The van der Waals surface area contributed by atoms with Gasteiger partial charge in [0.2, 0.25) is 0 Å². The average molecular weight is 764 g/mol. The zero-order chi connectivity index (χ0) is 39.4. The van der Waals surface area contributed by atoms with Gasteiger partial charge in [-0.1, -0.05) is 263 Å². The van der Waals surface area contributed by atoms with Crippen LogP contribution in [0.2, 0.25) is 0 Å². The third-order valence-corrected chi connectivity index (χ3v) is 13.1. The molecule has 0 radical (unpaired) electrons. The van der Waals surface area contributed by atoms with Gasteiger partial charge in [-0.05, 0) is 37.3 Å². The second-order valence-corrected chi connectivity index (χ2v) is 18.5. The van der Waals surface area contributed by atoms with Crippen molar-refractivity contribution in [1.82, 2.24) is 5.32 Å². The lowest BCUT2D eigenvalue weighted by Crippen LogP contribution is -2.64. The summed E-state index contributed by atoms with van der Waals surface area (Å²) in [5, 5.41) is 4.69. The van der Waals surface area contributed by atoms with Crippen molar-refractivity contribution in [3.8, 4) is 0 Å². The van der Waals surface area contributed by atoms with E-state index in [9.17, 15) is 0 Å². The minimum absolute atomic E-state index is 0.203. The monoisotopic (exact) mass is 764 g/mol. The number of benzene rings is 1. The van der Waals surface area contributed by atoms with E-state index in [1.54, 1.807) is 0 Å². The third-order valence-electron chi connectivity index (χ3n) is 13.1. The Morgan fingerprint density at radius 3 is 1.04 bits per heavy atom. The molecule has 2 rings (SSSR count). The van der Waals surface area contributed by atoms with Crippen LogP contribution < -0.4 is 5.32 Å². The predicted octanol–water partition coefficient (Wildman–Crippen LogP) is 18.0. The fraction of sp³-hybridized carbons (Fsp3) is 0.849. The van der Waals surface area contributed by atoms with Crippen LogP contribution in [0.25, 0.3) is 6.08 Å². The summed E-state index contributed by atoms with van der Waals surface area (Å²) in [7, 11) is 0. The van der Waals surface area contributed by atoms with Crippen molar-refractivity contribution in [2.45, 2.75) is 289 Å². The Hall–Kier alpha value is -1.28. The Bertz CT molecular complexity index is 878. The number of nitrogens with one attached hydrogen (secondary N) is 1. The normalized spacial score (nSPS) is 15.6. The molecule has 55 heavy (non-hydrogen) atoms. The molecule has 320 valence electrons. The molecule has 1 heterocycles. The summed E-state index contributed by atoms with van der Waals surface area (Å²) in [5.74, 6) is 0. The lowest BCUT2D eigenvalue weighted by Gasteiger charge is -2.53. The fourth-order valence-electron chi connectivity index (χ4n) is 9.80. The molecule has 1 aliphatic rings. The van der Waals surface area contributed by atoms with Crippen LogP contribution in [0.1, 0.15) is 277 Å². The molecule has 1 fully saturated rings. The largest absolute Gasteiger partial charge is 0.498 e. The van der Waals surface area contributed by atoms with E-state index >= 15 is 0 Å². The number of hydrogen-bond donors (Lipinski definition) is 1. The molecule has 0 aliphatic carbocycles. The smallest absolute Gasteiger partial charge is 0.101 e. The maximum Gasteiger partial charge on any atom is 0.101 e. The average Bonchev–Trinajstić information content (AvgIpc) is 3.19. The summed E-state index contributed by atoms with van der Waals surface area (Å²) in [6, 6.07) is 10.8. The minimum atomic E-state index is 0.203. The summed E-state index contributed by atoms with van der Waals surface area (Å²) in [5.41, 5.74) is 1.65. The zero-order valence-corrected chi connectivity index (χ0v) is 37.9. The van der Waals surface area contributed by atoms with Crippen LogP contribution >= 0.6 is 0 Å². The summed E-state index contributed by atoms with van der Waals surface area (Å²) in [6.07, 6.45) is 57.1. The van der Waals surface area contributed by atoms with Gasteiger partial charge in [0.1, 0.15) is 6.10 Å². The number of unbranched alkanes of at least 4 members (excludes halogenated alkanes) is 28. The summed E-state index contributed by atoms with van der Waals surface area (Å²) in [4.78, 5) is 0. The van der Waals surface area contributed by atoms with Crippen LogP contribution in [-0.2, 0) is 4.74 Å². The molecule has 0 atom stereocenters.